The number of carbonyl (C=O) groups excluding carboxylic acids is 1. The first-order valence-corrected chi connectivity index (χ1v) is 5.95. The highest BCUT2D eigenvalue weighted by atomic mass is 16.1. The van der Waals surface area contributed by atoms with Crippen molar-refractivity contribution in [1.29, 1.82) is 0 Å². The van der Waals surface area contributed by atoms with Gasteiger partial charge in [0.15, 0.2) is 0 Å². The molecule has 0 fully saturated rings. The maximum atomic E-state index is 10.2. The van der Waals surface area contributed by atoms with Crippen molar-refractivity contribution in [2.45, 2.75) is 52.9 Å². The van der Waals surface area contributed by atoms with Crippen molar-refractivity contribution in [3.63, 3.8) is 0 Å². The summed E-state index contributed by atoms with van der Waals surface area (Å²) in [6, 6.07) is 0. The second-order valence-electron chi connectivity index (χ2n) is 4.53. The monoisotopic (exact) mass is 220 g/mol. The van der Waals surface area contributed by atoms with Crippen molar-refractivity contribution >= 4 is 6.29 Å². The van der Waals surface area contributed by atoms with Gasteiger partial charge in [-0.1, -0.05) is 35.5 Å². The average Bonchev–Trinajstić information content (AvgIpc) is 2.17. The summed E-state index contributed by atoms with van der Waals surface area (Å²) in [5.74, 6) is 0. The lowest BCUT2D eigenvalue weighted by molar-refractivity contribution is -0.107. The molecule has 0 bridgehead atoms. The predicted octanol–water partition coefficient (Wildman–Crippen LogP) is 4.60. The van der Waals surface area contributed by atoms with Gasteiger partial charge in [0.2, 0.25) is 0 Å². The lowest BCUT2D eigenvalue weighted by Gasteiger charge is -2.01. The molecule has 0 rings (SSSR count). The molecule has 0 aliphatic heterocycles. The van der Waals surface area contributed by atoms with Gasteiger partial charge in [-0.05, 0) is 46.5 Å². The molecule has 0 unspecified atom stereocenters. The van der Waals surface area contributed by atoms with E-state index in [2.05, 4.69) is 39.5 Å². The molecular formula is C15H24O. The molecule has 0 saturated heterocycles. The van der Waals surface area contributed by atoms with Crippen LogP contribution >= 0.6 is 0 Å². The summed E-state index contributed by atoms with van der Waals surface area (Å²) in [7, 11) is 0. The van der Waals surface area contributed by atoms with E-state index >= 15 is 0 Å². The van der Waals surface area contributed by atoms with Gasteiger partial charge < -0.3 is 4.79 Å². The molecular weight excluding hydrogens is 196 g/mol. The first-order valence-electron chi connectivity index (χ1n) is 5.95. The van der Waals surface area contributed by atoms with E-state index in [4.69, 9.17) is 0 Å². The van der Waals surface area contributed by atoms with Crippen molar-refractivity contribution in [3.05, 3.63) is 35.5 Å². The van der Waals surface area contributed by atoms with Crippen LogP contribution in [0.15, 0.2) is 35.5 Å². The Morgan fingerprint density at radius 2 is 1.69 bits per heavy atom. The van der Waals surface area contributed by atoms with Crippen LogP contribution in [0.2, 0.25) is 0 Å². The van der Waals surface area contributed by atoms with Crippen LogP contribution < -0.4 is 0 Å². The first kappa shape index (κ1) is 14.9. The largest absolute Gasteiger partial charge is 0.303 e. The van der Waals surface area contributed by atoms with Gasteiger partial charge in [0, 0.05) is 6.42 Å². The van der Waals surface area contributed by atoms with Crippen LogP contribution in [0.5, 0.6) is 0 Å². The van der Waals surface area contributed by atoms with Gasteiger partial charge >= 0.3 is 0 Å². The van der Waals surface area contributed by atoms with E-state index in [0.717, 1.165) is 37.5 Å². The Bertz CT molecular complexity index is 278. The molecule has 90 valence electrons. The van der Waals surface area contributed by atoms with E-state index < -0.39 is 0 Å². The van der Waals surface area contributed by atoms with Gasteiger partial charge in [0.1, 0.15) is 6.29 Å². The summed E-state index contributed by atoms with van der Waals surface area (Å²) in [5, 5.41) is 0. The predicted molar refractivity (Wildman–Crippen MR) is 71.5 cm³/mol. The highest BCUT2D eigenvalue weighted by molar-refractivity contribution is 5.53. The van der Waals surface area contributed by atoms with Crippen LogP contribution in [-0.2, 0) is 4.79 Å². The smallest absolute Gasteiger partial charge is 0.124 e. The molecule has 0 spiro atoms. The summed E-state index contributed by atoms with van der Waals surface area (Å²) in [4.78, 5) is 10.2. The van der Waals surface area contributed by atoms with Crippen LogP contribution in [0.25, 0.3) is 0 Å². The summed E-state index contributed by atoms with van der Waals surface area (Å²) >= 11 is 0. The van der Waals surface area contributed by atoms with E-state index in [-0.39, 0.29) is 0 Å². The maximum Gasteiger partial charge on any atom is 0.124 e. The van der Waals surface area contributed by atoms with E-state index in [1.54, 1.807) is 0 Å². The van der Waals surface area contributed by atoms with E-state index in [1.807, 2.05) is 0 Å². The molecule has 0 aromatic heterocycles. The highest BCUT2D eigenvalue weighted by Gasteiger charge is 1.93. The summed E-state index contributed by atoms with van der Waals surface area (Å²) in [6.07, 6.45) is 10.1. The average molecular weight is 220 g/mol. The van der Waals surface area contributed by atoms with Gasteiger partial charge in [-0.3, -0.25) is 0 Å². The number of hydrogen-bond acceptors (Lipinski definition) is 1. The molecule has 16 heavy (non-hydrogen) atoms. The quantitative estimate of drug-likeness (QED) is 0.431. The van der Waals surface area contributed by atoms with Gasteiger partial charge in [-0.15, -0.1) is 0 Å². The molecule has 0 aliphatic rings. The van der Waals surface area contributed by atoms with Crippen LogP contribution in [0.1, 0.15) is 52.9 Å². The minimum atomic E-state index is 0.505. The van der Waals surface area contributed by atoms with Gasteiger partial charge in [0.25, 0.3) is 0 Å². The topological polar surface area (TPSA) is 17.1 Å². The fraction of sp³-hybridized carbons (Fsp3) is 0.533. The van der Waals surface area contributed by atoms with Crippen molar-refractivity contribution < 1.29 is 4.79 Å². The third-order valence-corrected chi connectivity index (χ3v) is 2.45. The number of allylic oxidation sites excluding steroid dienone is 5. The summed E-state index contributed by atoms with van der Waals surface area (Å²) in [5.41, 5.74) is 3.84. The molecule has 0 saturated carbocycles. The second kappa shape index (κ2) is 9.14. The van der Waals surface area contributed by atoms with E-state index in [0.29, 0.717) is 6.42 Å². The van der Waals surface area contributed by atoms with Crippen molar-refractivity contribution in [2.24, 2.45) is 0 Å². The Labute approximate surface area is 99.9 Å². The summed E-state index contributed by atoms with van der Waals surface area (Å²) < 4.78 is 0. The zero-order valence-electron chi connectivity index (χ0n) is 10.9. The minimum absolute atomic E-state index is 0.505. The molecule has 0 aromatic rings. The Morgan fingerprint density at radius 1 is 1.06 bits per heavy atom. The fourth-order valence-electron chi connectivity index (χ4n) is 1.43. The SMILES string of the molecule is C=C(CC=O)CC/C=C(\C)CCC=C(C)C. The van der Waals surface area contributed by atoms with Gasteiger partial charge in [-0.2, -0.15) is 0 Å². The van der Waals surface area contributed by atoms with Gasteiger partial charge in [0.05, 0.1) is 0 Å². The molecule has 1 heteroatoms. The van der Waals surface area contributed by atoms with E-state index in [1.165, 1.54) is 11.1 Å². The lowest BCUT2D eigenvalue weighted by atomic mass is 10.1. The van der Waals surface area contributed by atoms with Crippen molar-refractivity contribution in [1.82, 2.24) is 0 Å². The number of aldehydes is 1. The lowest BCUT2D eigenvalue weighted by Crippen LogP contribution is -1.83. The highest BCUT2D eigenvalue weighted by Crippen LogP contribution is 2.11. The number of carbonyl (C=O) groups is 1. The van der Waals surface area contributed by atoms with E-state index in [9.17, 15) is 4.79 Å². The molecule has 0 aliphatic carbocycles. The van der Waals surface area contributed by atoms with Crippen molar-refractivity contribution in [3.8, 4) is 0 Å². The van der Waals surface area contributed by atoms with Crippen molar-refractivity contribution in [2.75, 3.05) is 0 Å². The fourth-order valence-corrected chi connectivity index (χ4v) is 1.43. The van der Waals surface area contributed by atoms with Crippen LogP contribution in [0.4, 0.5) is 0 Å². The Kier molecular flexibility index (Phi) is 8.51. The second-order valence-corrected chi connectivity index (χ2v) is 4.53. The third-order valence-electron chi connectivity index (χ3n) is 2.45. The number of rotatable bonds is 8. The first-order chi connectivity index (χ1) is 7.56. The zero-order valence-corrected chi connectivity index (χ0v) is 10.9. The summed E-state index contributed by atoms with van der Waals surface area (Å²) in [6.45, 7) is 10.3. The van der Waals surface area contributed by atoms with Crippen LogP contribution in [-0.4, -0.2) is 6.29 Å². The molecule has 0 aromatic carbocycles. The molecule has 0 amide bonds. The Balaban J connectivity index is 3.74. The van der Waals surface area contributed by atoms with Crippen LogP contribution in [0, 0.1) is 0 Å². The third kappa shape index (κ3) is 9.45. The standard InChI is InChI=1S/C15H24O/c1-13(2)7-5-8-14(3)9-6-10-15(4)11-12-16/h7,9,12H,4-6,8,10-11H2,1-3H3/b14-9+. The molecule has 0 heterocycles. The van der Waals surface area contributed by atoms with Crippen LogP contribution in [0.3, 0.4) is 0 Å². The molecule has 0 N–H and O–H groups in total. The molecule has 0 radical (unpaired) electrons. The Morgan fingerprint density at radius 3 is 2.25 bits per heavy atom. The normalized spacial score (nSPS) is 11.1. The molecule has 1 nitrogen and oxygen atoms in total. The Hall–Kier alpha value is -1.11. The number of hydrogen-bond donors (Lipinski definition) is 0. The molecule has 0 atom stereocenters. The van der Waals surface area contributed by atoms with Gasteiger partial charge in [-0.25, -0.2) is 0 Å². The minimum Gasteiger partial charge on any atom is -0.303 e. The maximum absolute atomic E-state index is 10.2. The zero-order chi connectivity index (χ0) is 12.4.